The quantitative estimate of drug-likeness (QED) is 0.247. The highest BCUT2D eigenvalue weighted by Crippen LogP contribution is 2.43. The molecule has 0 spiro atoms. The number of amides is 1. The van der Waals surface area contributed by atoms with Gasteiger partial charge in [0.2, 0.25) is 5.91 Å². The zero-order valence-electron chi connectivity index (χ0n) is 24.7. The van der Waals surface area contributed by atoms with Gasteiger partial charge in [0.25, 0.3) is 0 Å². The summed E-state index contributed by atoms with van der Waals surface area (Å²) in [5.74, 6) is 0.167. The van der Waals surface area contributed by atoms with E-state index in [4.69, 9.17) is 26.3 Å². The number of rotatable bonds is 6. The van der Waals surface area contributed by atoms with Crippen molar-refractivity contribution in [3.05, 3.63) is 65.7 Å². The van der Waals surface area contributed by atoms with Crippen LogP contribution >= 0.6 is 11.6 Å². The molecule has 0 unspecified atom stereocenters. The zero-order valence-corrected chi connectivity index (χ0v) is 25.5. The number of anilines is 1. The summed E-state index contributed by atoms with van der Waals surface area (Å²) in [7, 11) is 0. The molecule has 0 radical (unpaired) electrons. The molecule has 4 aliphatic rings. The van der Waals surface area contributed by atoms with Crippen molar-refractivity contribution in [3.63, 3.8) is 0 Å². The average Bonchev–Trinajstić information content (AvgIpc) is 3.69. The van der Waals surface area contributed by atoms with E-state index >= 15 is 4.39 Å². The van der Waals surface area contributed by atoms with Crippen LogP contribution in [0.1, 0.15) is 39.0 Å². The Morgan fingerprint density at radius 1 is 1.09 bits per heavy atom. The van der Waals surface area contributed by atoms with Gasteiger partial charge in [0.1, 0.15) is 17.9 Å². The first-order valence-electron chi connectivity index (χ1n) is 15.5. The summed E-state index contributed by atoms with van der Waals surface area (Å²) in [6.45, 7) is 9.53. The highest BCUT2D eigenvalue weighted by Gasteiger charge is 2.50. The fraction of sp³-hybridized carbons (Fsp3) is 0.412. The standard InChI is InChI=1S/C34H34ClFN6O2/c1-20(2)32(43)41-15-10-26-27(41)18-42(26)31-23-9-8-22(24-17-37-16-21-6-3-7-25(35)28(21)24)29(36)30(23)38-33(39-31)44-19-34-11-4-13-40(34)14-5-12-34/h3,6-9,16-17,26-27H,1,4-5,10-15,18-19H2,2H3/t26-,27-/m1/s1. The van der Waals surface area contributed by atoms with Crippen LogP contribution in [0.5, 0.6) is 6.01 Å². The summed E-state index contributed by atoms with van der Waals surface area (Å²) >= 11 is 6.61. The Kier molecular flexibility index (Phi) is 6.54. The van der Waals surface area contributed by atoms with Crippen LogP contribution < -0.4 is 9.64 Å². The van der Waals surface area contributed by atoms with E-state index in [1.807, 2.05) is 23.1 Å². The second-order valence-corrected chi connectivity index (χ2v) is 13.1. The van der Waals surface area contributed by atoms with Gasteiger partial charge < -0.3 is 14.5 Å². The van der Waals surface area contributed by atoms with Gasteiger partial charge >= 0.3 is 6.01 Å². The predicted molar refractivity (Wildman–Crippen MR) is 170 cm³/mol. The molecule has 1 amide bonds. The van der Waals surface area contributed by atoms with Crippen LogP contribution in [-0.4, -0.2) is 81.1 Å². The topological polar surface area (TPSA) is 74.7 Å². The minimum absolute atomic E-state index is 0.000953. The minimum atomic E-state index is -0.464. The van der Waals surface area contributed by atoms with Crippen molar-refractivity contribution < 1.29 is 13.9 Å². The normalized spacial score (nSPS) is 22.3. The molecule has 4 aromatic rings. The number of ether oxygens (including phenoxy) is 1. The first kappa shape index (κ1) is 27.7. The molecule has 0 bridgehead atoms. The zero-order chi connectivity index (χ0) is 30.2. The average molecular weight is 613 g/mol. The first-order valence-corrected chi connectivity index (χ1v) is 15.9. The Hall–Kier alpha value is -3.82. The molecule has 0 aliphatic carbocycles. The molecule has 226 valence electrons. The van der Waals surface area contributed by atoms with Gasteiger partial charge in [0, 0.05) is 63.4 Å². The van der Waals surface area contributed by atoms with Gasteiger partial charge in [-0.2, -0.15) is 9.97 Å². The van der Waals surface area contributed by atoms with Gasteiger partial charge in [0.05, 0.1) is 17.6 Å². The maximum atomic E-state index is 16.7. The first-order chi connectivity index (χ1) is 21.3. The maximum Gasteiger partial charge on any atom is 0.319 e. The third-order valence-corrected chi connectivity index (χ3v) is 10.6. The largest absolute Gasteiger partial charge is 0.461 e. The number of benzene rings is 2. The number of nitrogens with zero attached hydrogens (tertiary/aromatic N) is 6. The molecule has 8 rings (SSSR count). The van der Waals surface area contributed by atoms with Crippen LogP contribution in [0.25, 0.3) is 32.8 Å². The monoisotopic (exact) mass is 612 g/mol. The number of fused-ring (bicyclic) bond motifs is 4. The van der Waals surface area contributed by atoms with Gasteiger partial charge in [-0.3, -0.25) is 14.7 Å². The molecule has 10 heteroatoms. The number of carbonyl (C=O) groups is 1. The molecule has 44 heavy (non-hydrogen) atoms. The Morgan fingerprint density at radius 3 is 2.70 bits per heavy atom. The lowest BCUT2D eigenvalue weighted by atomic mass is 9.95. The van der Waals surface area contributed by atoms with Gasteiger partial charge in [-0.25, -0.2) is 4.39 Å². The van der Waals surface area contributed by atoms with E-state index in [0.717, 1.165) is 56.0 Å². The summed E-state index contributed by atoms with van der Waals surface area (Å²) in [5, 5.41) is 2.72. The molecule has 8 nitrogen and oxygen atoms in total. The maximum absolute atomic E-state index is 16.7. The number of pyridine rings is 1. The second kappa shape index (κ2) is 10.4. The molecule has 6 heterocycles. The molecule has 0 N–H and O–H groups in total. The lowest BCUT2D eigenvalue weighted by molar-refractivity contribution is -0.128. The van der Waals surface area contributed by atoms with Crippen LogP contribution in [0.3, 0.4) is 0 Å². The fourth-order valence-electron chi connectivity index (χ4n) is 8.03. The molecule has 0 saturated carbocycles. The van der Waals surface area contributed by atoms with Crippen molar-refractivity contribution in [1.29, 1.82) is 0 Å². The van der Waals surface area contributed by atoms with Crippen molar-refractivity contribution in [1.82, 2.24) is 24.8 Å². The lowest BCUT2D eigenvalue weighted by Gasteiger charge is -2.47. The van der Waals surface area contributed by atoms with E-state index in [1.165, 1.54) is 0 Å². The van der Waals surface area contributed by atoms with Crippen molar-refractivity contribution in [2.45, 2.75) is 56.7 Å². The Bertz CT molecular complexity index is 1830. The van der Waals surface area contributed by atoms with E-state index in [1.54, 1.807) is 31.5 Å². The number of carbonyl (C=O) groups excluding carboxylic acids is 1. The highest BCUT2D eigenvalue weighted by molar-refractivity contribution is 6.36. The predicted octanol–water partition coefficient (Wildman–Crippen LogP) is 6.01. The van der Waals surface area contributed by atoms with Crippen molar-refractivity contribution >= 4 is 45.0 Å². The Balaban J connectivity index is 1.22. The molecular weight excluding hydrogens is 579 g/mol. The van der Waals surface area contributed by atoms with E-state index < -0.39 is 5.82 Å². The van der Waals surface area contributed by atoms with Crippen LogP contribution in [0.4, 0.5) is 10.2 Å². The van der Waals surface area contributed by atoms with Gasteiger partial charge in [-0.05, 0) is 64.3 Å². The van der Waals surface area contributed by atoms with E-state index in [9.17, 15) is 4.79 Å². The van der Waals surface area contributed by atoms with Gasteiger partial charge in [0.15, 0.2) is 5.82 Å². The number of halogens is 2. The molecular formula is C34H34ClFN6O2. The van der Waals surface area contributed by atoms with Gasteiger partial charge in [-0.15, -0.1) is 0 Å². The Labute approximate surface area is 260 Å². The molecule has 4 aliphatic heterocycles. The highest BCUT2D eigenvalue weighted by atomic mass is 35.5. The van der Waals surface area contributed by atoms with Crippen molar-refractivity contribution in [2.75, 3.05) is 37.7 Å². The van der Waals surface area contributed by atoms with Crippen molar-refractivity contribution in [2.24, 2.45) is 0 Å². The lowest BCUT2D eigenvalue weighted by Crippen LogP contribution is -2.63. The summed E-state index contributed by atoms with van der Waals surface area (Å²) in [6, 6.07) is 9.58. The SMILES string of the molecule is C=C(C)C(=O)N1CC[C@@H]2[C@H]1CN2c1nc(OCC23CCCN2CCC3)nc2c(F)c(-c3cncc4cccc(Cl)c34)ccc12. The summed E-state index contributed by atoms with van der Waals surface area (Å²) in [5.41, 5.74) is 1.72. The molecule has 2 aromatic heterocycles. The van der Waals surface area contributed by atoms with E-state index in [-0.39, 0.29) is 35.1 Å². The van der Waals surface area contributed by atoms with Crippen LogP contribution in [0, 0.1) is 5.82 Å². The minimum Gasteiger partial charge on any atom is -0.461 e. The fourth-order valence-corrected chi connectivity index (χ4v) is 8.32. The van der Waals surface area contributed by atoms with E-state index in [0.29, 0.717) is 52.6 Å². The van der Waals surface area contributed by atoms with E-state index in [2.05, 4.69) is 21.4 Å². The number of hydrogen-bond donors (Lipinski definition) is 0. The molecule has 4 saturated heterocycles. The van der Waals surface area contributed by atoms with Crippen LogP contribution in [0.2, 0.25) is 5.02 Å². The van der Waals surface area contributed by atoms with Crippen molar-refractivity contribution in [3.8, 4) is 17.1 Å². The smallest absolute Gasteiger partial charge is 0.319 e. The number of hydrogen-bond acceptors (Lipinski definition) is 7. The molecule has 4 fully saturated rings. The molecule has 2 aromatic carbocycles. The van der Waals surface area contributed by atoms with Crippen LogP contribution in [-0.2, 0) is 4.79 Å². The summed E-state index contributed by atoms with van der Waals surface area (Å²) in [4.78, 5) is 33.4. The Morgan fingerprint density at radius 2 is 1.91 bits per heavy atom. The summed E-state index contributed by atoms with van der Waals surface area (Å²) < 4.78 is 23.1. The second-order valence-electron chi connectivity index (χ2n) is 12.7. The number of likely N-dealkylation sites (tertiary alicyclic amines) is 1. The third-order valence-electron chi connectivity index (χ3n) is 10.3. The van der Waals surface area contributed by atoms with Crippen LogP contribution in [0.15, 0.2) is 54.9 Å². The number of aromatic nitrogens is 3. The van der Waals surface area contributed by atoms with Gasteiger partial charge in [-0.1, -0.05) is 36.4 Å². The summed E-state index contributed by atoms with van der Waals surface area (Å²) in [6.07, 6.45) is 8.68. The molecule has 2 atom stereocenters. The third kappa shape index (κ3) is 4.19.